The first-order valence-corrected chi connectivity index (χ1v) is 9.53. The maximum atomic E-state index is 12.4. The molecule has 9 heteroatoms. The van der Waals surface area contributed by atoms with Gasteiger partial charge in [0.05, 0.1) is 24.1 Å². The third-order valence-electron chi connectivity index (χ3n) is 4.94. The molecule has 0 aliphatic carbocycles. The third-order valence-corrected chi connectivity index (χ3v) is 4.94. The summed E-state index contributed by atoms with van der Waals surface area (Å²) in [6, 6.07) is 13.7. The van der Waals surface area contributed by atoms with E-state index in [0.717, 1.165) is 11.4 Å². The molecule has 0 unspecified atom stereocenters. The molecule has 1 aliphatic heterocycles. The minimum atomic E-state index is -0.676. The van der Waals surface area contributed by atoms with Crippen LogP contribution in [0.4, 0.5) is 11.4 Å². The number of rotatable bonds is 7. The normalized spacial score (nSPS) is 13.6. The van der Waals surface area contributed by atoms with Crippen molar-refractivity contribution in [3.05, 3.63) is 64.2 Å². The molecule has 158 valence electrons. The van der Waals surface area contributed by atoms with E-state index in [0.29, 0.717) is 26.2 Å². The van der Waals surface area contributed by atoms with Crippen molar-refractivity contribution in [2.75, 3.05) is 44.8 Å². The van der Waals surface area contributed by atoms with E-state index >= 15 is 0 Å². The second kappa shape index (κ2) is 9.73. The Bertz CT molecular complexity index is 924. The van der Waals surface area contributed by atoms with Gasteiger partial charge in [-0.05, 0) is 12.1 Å². The van der Waals surface area contributed by atoms with Gasteiger partial charge in [-0.2, -0.15) is 0 Å². The number of carbonyl (C=O) groups excluding carboxylic acids is 2. The predicted molar refractivity (Wildman–Crippen MR) is 110 cm³/mol. The fourth-order valence-corrected chi connectivity index (χ4v) is 3.37. The molecule has 0 saturated carbocycles. The summed E-state index contributed by atoms with van der Waals surface area (Å²) in [4.78, 5) is 38.7. The van der Waals surface area contributed by atoms with Crippen LogP contribution in [0, 0.1) is 10.1 Å². The lowest BCUT2D eigenvalue weighted by atomic mass is 10.1. The zero-order chi connectivity index (χ0) is 21.5. The number of piperazine rings is 1. The van der Waals surface area contributed by atoms with Gasteiger partial charge in [0.1, 0.15) is 5.75 Å². The zero-order valence-electron chi connectivity index (χ0n) is 16.7. The minimum Gasteiger partial charge on any atom is -0.495 e. The molecule has 0 aromatic heterocycles. The van der Waals surface area contributed by atoms with Crippen LogP contribution in [0.5, 0.6) is 5.75 Å². The lowest BCUT2D eigenvalue weighted by Crippen LogP contribution is -2.50. The molecule has 1 saturated heterocycles. The van der Waals surface area contributed by atoms with Crippen LogP contribution < -0.4 is 9.64 Å². The number of methoxy groups -OCH3 is 1. The highest BCUT2D eigenvalue weighted by Gasteiger charge is 2.24. The zero-order valence-corrected chi connectivity index (χ0v) is 16.7. The van der Waals surface area contributed by atoms with Crippen molar-refractivity contribution >= 4 is 23.3 Å². The van der Waals surface area contributed by atoms with Crippen molar-refractivity contribution in [2.45, 2.75) is 6.42 Å². The van der Waals surface area contributed by atoms with E-state index in [1.165, 1.54) is 18.2 Å². The van der Waals surface area contributed by atoms with Gasteiger partial charge in [0, 0.05) is 37.8 Å². The Morgan fingerprint density at radius 2 is 1.70 bits per heavy atom. The summed E-state index contributed by atoms with van der Waals surface area (Å²) < 4.78 is 10.4. The summed E-state index contributed by atoms with van der Waals surface area (Å²) in [5.41, 5.74) is 1.08. The molecule has 0 bridgehead atoms. The van der Waals surface area contributed by atoms with Gasteiger partial charge in [0.25, 0.3) is 11.6 Å². The van der Waals surface area contributed by atoms with Crippen molar-refractivity contribution in [3.63, 3.8) is 0 Å². The van der Waals surface area contributed by atoms with Gasteiger partial charge in [0.2, 0.25) is 0 Å². The summed E-state index contributed by atoms with van der Waals surface area (Å²) in [5.74, 6) is -0.183. The fraction of sp³-hybridized carbons (Fsp3) is 0.333. The molecule has 2 aromatic rings. The van der Waals surface area contributed by atoms with Crippen molar-refractivity contribution in [1.82, 2.24) is 4.90 Å². The Hall–Kier alpha value is -3.62. The van der Waals surface area contributed by atoms with Crippen LogP contribution in [0.15, 0.2) is 48.5 Å². The molecule has 2 aromatic carbocycles. The first kappa shape index (κ1) is 21.1. The second-order valence-corrected chi connectivity index (χ2v) is 6.76. The molecule has 9 nitrogen and oxygen atoms in total. The number of ether oxygens (including phenoxy) is 2. The van der Waals surface area contributed by atoms with Gasteiger partial charge in [-0.15, -0.1) is 0 Å². The van der Waals surface area contributed by atoms with Crippen LogP contribution in [-0.4, -0.2) is 61.6 Å². The Balaban J connectivity index is 1.48. The maximum Gasteiger partial charge on any atom is 0.311 e. The molecule has 1 aliphatic rings. The van der Waals surface area contributed by atoms with Crippen molar-refractivity contribution in [3.8, 4) is 5.75 Å². The maximum absolute atomic E-state index is 12.4. The Morgan fingerprint density at radius 3 is 2.40 bits per heavy atom. The van der Waals surface area contributed by atoms with Crippen LogP contribution in [0.2, 0.25) is 0 Å². The number of para-hydroxylation sites is 3. The van der Waals surface area contributed by atoms with Crippen molar-refractivity contribution < 1.29 is 24.0 Å². The number of nitro benzene ring substituents is 1. The average Bonchev–Trinajstić information content (AvgIpc) is 2.77. The first-order valence-electron chi connectivity index (χ1n) is 9.53. The molecule has 0 atom stereocenters. The second-order valence-electron chi connectivity index (χ2n) is 6.76. The highest BCUT2D eigenvalue weighted by Crippen LogP contribution is 2.28. The van der Waals surface area contributed by atoms with E-state index < -0.39 is 10.9 Å². The molecular weight excluding hydrogens is 390 g/mol. The third kappa shape index (κ3) is 5.05. The Labute approximate surface area is 173 Å². The molecule has 0 N–H and O–H groups in total. The van der Waals surface area contributed by atoms with Gasteiger partial charge in [0.15, 0.2) is 6.61 Å². The largest absolute Gasteiger partial charge is 0.495 e. The summed E-state index contributed by atoms with van der Waals surface area (Å²) in [6.45, 7) is 1.89. The number of hydrogen-bond donors (Lipinski definition) is 0. The van der Waals surface area contributed by atoms with Crippen LogP contribution >= 0.6 is 0 Å². The Kier molecular flexibility index (Phi) is 6.84. The topological polar surface area (TPSA) is 102 Å². The smallest absolute Gasteiger partial charge is 0.311 e. The van der Waals surface area contributed by atoms with Crippen molar-refractivity contribution in [1.29, 1.82) is 0 Å². The highest BCUT2D eigenvalue weighted by molar-refractivity contribution is 5.82. The van der Waals surface area contributed by atoms with Crippen molar-refractivity contribution in [2.24, 2.45) is 0 Å². The summed E-state index contributed by atoms with van der Waals surface area (Å²) >= 11 is 0. The van der Waals surface area contributed by atoms with Gasteiger partial charge in [-0.25, -0.2) is 0 Å². The number of hydrogen-bond acceptors (Lipinski definition) is 7. The molecule has 0 spiro atoms. The number of carbonyl (C=O) groups is 2. The molecule has 30 heavy (non-hydrogen) atoms. The molecule has 0 radical (unpaired) electrons. The van der Waals surface area contributed by atoms with Crippen LogP contribution in [0.1, 0.15) is 5.56 Å². The SMILES string of the molecule is COc1ccccc1N1CCN(C(=O)COC(=O)Cc2ccccc2[N+](=O)[O-])CC1. The van der Waals surface area contributed by atoms with E-state index in [1.807, 2.05) is 24.3 Å². The van der Waals surface area contributed by atoms with E-state index in [1.54, 1.807) is 18.1 Å². The lowest BCUT2D eigenvalue weighted by molar-refractivity contribution is -0.385. The van der Waals surface area contributed by atoms with E-state index in [2.05, 4.69) is 4.90 Å². The van der Waals surface area contributed by atoms with Gasteiger partial charge >= 0.3 is 5.97 Å². The first-order chi connectivity index (χ1) is 14.5. The van der Waals surface area contributed by atoms with E-state index in [4.69, 9.17) is 9.47 Å². The number of amides is 1. The predicted octanol–water partition coefficient (Wildman–Crippen LogP) is 2.04. The summed E-state index contributed by atoms with van der Waals surface area (Å²) in [6.07, 6.45) is -0.258. The fourth-order valence-electron chi connectivity index (χ4n) is 3.37. The molecule has 1 heterocycles. The van der Waals surface area contributed by atoms with Crippen LogP contribution in [0.25, 0.3) is 0 Å². The van der Waals surface area contributed by atoms with Gasteiger partial charge in [-0.1, -0.05) is 30.3 Å². The van der Waals surface area contributed by atoms with Gasteiger partial charge < -0.3 is 19.3 Å². The summed E-state index contributed by atoms with van der Waals surface area (Å²) in [5, 5.41) is 11.0. The average molecular weight is 413 g/mol. The number of nitrogens with zero attached hydrogens (tertiary/aromatic N) is 3. The molecule has 3 rings (SSSR count). The molecule has 1 amide bonds. The highest BCUT2D eigenvalue weighted by atomic mass is 16.6. The number of nitro groups is 1. The standard InChI is InChI=1S/C21H23N3O6/c1-29-19-9-5-4-8-18(19)22-10-12-23(13-11-22)20(25)15-30-21(26)14-16-6-2-3-7-17(16)24(27)28/h2-9H,10-15H2,1H3. The number of anilines is 1. The Morgan fingerprint density at radius 1 is 1.03 bits per heavy atom. The minimum absolute atomic E-state index is 0.145. The van der Waals surface area contributed by atoms with E-state index in [-0.39, 0.29) is 30.2 Å². The lowest BCUT2D eigenvalue weighted by Gasteiger charge is -2.36. The monoisotopic (exact) mass is 413 g/mol. The quantitative estimate of drug-likeness (QED) is 0.389. The van der Waals surface area contributed by atoms with Gasteiger partial charge in [-0.3, -0.25) is 19.7 Å². The molecular formula is C21H23N3O6. The number of benzene rings is 2. The molecule has 1 fully saturated rings. The van der Waals surface area contributed by atoms with Crippen LogP contribution in [0.3, 0.4) is 0 Å². The van der Waals surface area contributed by atoms with Crippen LogP contribution in [-0.2, 0) is 20.7 Å². The van der Waals surface area contributed by atoms with E-state index in [9.17, 15) is 19.7 Å². The summed E-state index contributed by atoms with van der Waals surface area (Å²) in [7, 11) is 1.62. The number of esters is 1.